The third-order valence-electron chi connectivity index (χ3n) is 4.46. The van der Waals surface area contributed by atoms with Gasteiger partial charge in [0, 0.05) is 25.7 Å². The van der Waals surface area contributed by atoms with Gasteiger partial charge in [0.1, 0.15) is 17.4 Å². The Balaban J connectivity index is 1.60. The topological polar surface area (TPSA) is 88.1 Å². The van der Waals surface area contributed by atoms with Crippen LogP contribution in [0, 0.1) is 5.82 Å². The fraction of sp³-hybridized carbons (Fsp3) is 0.300. The van der Waals surface area contributed by atoms with E-state index in [9.17, 15) is 17.6 Å². The van der Waals surface area contributed by atoms with E-state index in [4.69, 9.17) is 16.3 Å². The molecule has 0 aromatic heterocycles. The van der Waals surface area contributed by atoms with Gasteiger partial charge >= 0.3 is 0 Å². The van der Waals surface area contributed by atoms with E-state index in [0.717, 1.165) is 19.0 Å². The van der Waals surface area contributed by atoms with Crippen LogP contribution in [0.4, 0.5) is 10.1 Å². The molecule has 0 spiro atoms. The lowest BCUT2D eigenvalue weighted by atomic mass is 10.3. The first-order valence-electron chi connectivity index (χ1n) is 9.27. The number of amides is 1. The highest BCUT2D eigenvalue weighted by Crippen LogP contribution is 2.25. The van der Waals surface area contributed by atoms with Crippen molar-refractivity contribution >= 4 is 39.1 Å². The van der Waals surface area contributed by atoms with Gasteiger partial charge in [-0.25, -0.2) is 4.39 Å². The first kappa shape index (κ1) is 22.0. The molecule has 0 unspecified atom stereocenters. The van der Waals surface area contributed by atoms with Crippen molar-refractivity contribution in [2.24, 2.45) is 4.40 Å². The number of likely N-dealkylation sites (tertiary alicyclic amines) is 1. The van der Waals surface area contributed by atoms with Gasteiger partial charge in [0.25, 0.3) is 10.0 Å². The lowest BCUT2D eigenvalue weighted by molar-refractivity contribution is -0.116. The number of hydrogen-bond acceptors (Lipinski definition) is 4. The number of carbonyl (C=O) groups is 1. The van der Waals surface area contributed by atoms with Crippen molar-refractivity contribution in [1.29, 1.82) is 0 Å². The van der Waals surface area contributed by atoms with E-state index < -0.39 is 15.8 Å². The predicted octanol–water partition coefficient (Wildman–Crippen LogP) is 3.70. The third kappa shape index (κ3) is 5.70. The Morgan fingerprint density at radius 3 is 2.80 bits per heavy atom. The van der Waals surface area contributed by atoms with Crippen LogP contribution in [0.1, 0.15) is 19.3 Å². The fourth-order valence-corrected chi connectivity index (χ4v) is 4.27. The van der Waals surface area contributed by atoms with Crippen LogP contribution in [-0.4, -0.2) is 45.3 Å². The molecule has 10 heteroatoms. The van der Waals surface area contributed by atoms with E-state index in [1.807, 2.05) is 4.90 Å². The highest BCUT2D eigenvalue weighted by Gasteiger charge is 2.20. The highest BCUT2D eigenvalue weighted by atomic mass is 35.5. The van der Waals surface area contributed by atoms with Crippen LogP contribution in [0.25, 0.3) is 0 Å². The standard InChI is InChI=1S/C20H21ClFN3O4S/c1-25-10-3-6-19(25)24-30(27,28)16-5-2-4-15(13-16)23-20(26)9-11-29-18-8-7-14(22)12-17(18)21/h2,4-5,7-8,12-13H,3,6,9-11H2,1H3,(H,23,26). The monoisotopic (exact) mass is 453 g/mol. The number of ether oxygens (including phenoxy) is 1. The average Bonchev–Trinajstić information content (AvgIpc) is 3.08. The van der Waals surface area contributed by atoms with Crippen molar-refractivity contribution in [3.8, 4) is 5.75 Å². The zero-order chi connectivity index (χ0) is 21.7. The van der Waals surface area contributed by atoms with Gasteiger partial charge in [0.15, 0.2) is 0 Å². The van der Waals surface area contributed by atoms with Crippen molar-refractivity contribution in [3.05, 3.63) is 53.3 Å². The van der Waals surface area contributed by atoms with E-state index in [2.05, 4.69) is 9.71 Å². The van der Waals surface area contributed by atoms with Gasteiger partial charge in [-0.3, -0.25) is 4.79 Å². The summed E-state index contributed by atoms with van der Waals surface area (Å²) < 4.78 is 47.5. The SMILES string of the molecule is CN1CCCC1=NS(=O)(=O)c1cccc(NC(=O)CCOc2ccc(F)cc2Cl)c1. The molecule has 1 N–H and O–H groups in total. The zero-order valence-corrected chi connectivity index (χ0v) is 17.8. The van der Waals surface area contributed by atoms with Crippen LogP contribution >= 0.6 is 11.6 Å². The van der Waals surface area contributed by atoms with Crippen molar-refractivity contribution in [2.75, 3.05) is 25.5 Å². The van der Waals surface area contributed by atoms with Gasteiger partial charge in [-0.05, 0) is 42.8 Å². The number of hydrogen-bond donors (Lipinski definition) is 1. The van der Waals surface area contributed by atoms with E-state index in [1.165, 1.54) is 30.3 Å². The third-order valence-corrected chi connectivity index (χ3v) is 6.05. The number of amidine groups is 1. The molecule has 3 rings (SSSR count). The Morgan fingerprint density at radius 1 is 1.30 bits per heavy atom. The molecule has 30 heavy (non-hydrogen) atoms. The molecule has 1 amide bonds. The Labute approximate surface area is 179 Å². The van der Waals surface area contributed by atoms with Gasteiger partial charge in [0.05, 0.1) is 22.9 Å². The average molecular weight is 454 g/mol. The number of benzene rings is 2. The lowest BCUT2D eigenvalue weighted by Crippen LogP contribution is -2.20. The predicted molar refractivity (Wildman–Crippen MR) is 113 cm³/mol. The number of rotatable bonds is 7. The van der Waals surface area contributed by atoms with Crippen molar-refractivity contribution in [3.63, 3.8) is 0 Å². The molecule has 160 valence electrons. The molecule has 2 aromatic rings. The molecule has 2 aromatic carbocycles. The highest BCUT2D eigenvalue weighted by molar-refractivity contribution is 7.90. The lowest BCUT2D eigenvalue weighted by Gasteiger charge is -2.11. The Hall–Kier alpha value is -2.65. The molecule has 0 radical (unpaired) electrons. The molecule has 1 aliphatic rings. The van der Waals surface area contributed by atoms with Gasteiger partial charge in [0.2, 0.25) is 5.91 Å². The summed E-state index contributed by atoms with van der Waals surface area (Å²) in [7, 11) is -2.07. The number of nitrogens with one attached hydrogen (secondary N) is 1. The van der Waals surface area contributed by atoms with Crippen LogP contribution in [0.3, 0.4) is 0 Å². The van der Waals surface area contributed by atoms with Crippen LogP contribution < -0.4 is 10.1 Å². The Morgan fingerprint density at radius 2 is 2.10 bits per heavy atom. The Bertz CT molecular complexity index is 1080. The first-order chi connectivity index (χ1) is 14.2. The van der Waals surface area contributed by atoms with Gasteiger partial charge < -0.3 is 15.0 Å². The Kier molecular flexibility index (Phi) is 6.94. The van der Waals surface area contributed by atoms with Crippen LogP contribution in [-0.2, 0) is 14.8 Å². The largest absolute Gasteiger partial charge is 0.491 e. The minimum Gasteiger partial charge on any atom is -0.491 e. The molecular weight excluding hydrogens is 433 g/mol. The first-order valence-corrected chi connectivity index (χ1v) is 11.1. The van der Waals surface area contributed by atoms with Crippen molar-refractivity contribution < 1.29 is 22.3 Å². The molecule has 1 saturated heterocycles. The smallest absolute Gasteiger partial charge is 0.284 e. The quantitative estimate of drug-likeness (QED) is 0.690. The van der Waals surface area contributed by atoms with Gasteiger partial charge in [-0.2, -0.15) is 8.42 Å². The molecular formula is C20H21ClFN3O4S. The van der Waals surface area contributed by atoms with Crippen LogP contribution in [0.5, 0.6) is 5.75 Å². The van der Waals surface area contributed by atoms with E-state index >= 15 is 0 Å². The molecule has 0 aliphatic carbocycles. The van der Waals surface area contributed by atoms with Crippen LogP contribution in [0.2, 0.25) is 5.02 Å². The van der Waals surface area contributed by atoms with Gasteiger partial charge in [-0.1, -0.05) is 17.7 Å². The summed E-state index contributed by atoms with van der Waals surface area (Å²) in [5.41, 5.74) is 0.334. The summed E-state index contributed by atoms with van der Waals surface area (Å²) in [4.78, 5) is 14.0. The summed E-state index contributed by atoms with van der Waals surface area (Å²) >= 11 is 5.87. The molecule has 1 aliphatic heterocycles. The van der Waals surface area contributed by atoms with E-state index in [-0.39, 0.29) is 34.6 Å². The number of sulfonamides is 1. The normalized spacial score (nSPS) is 15.4. The number of anilines is 1. The van der Waals surface area contributed by atoms with Crippen molar-refractivity contribution in [1.82, 2.24) is 4.90 Å². The maximum absolute atomic E-state index is 13.0. The molecule has 0 saturated carbocycles. The molecule has 1 heterocycles. The number of carbonyl (C=O) groups excluding carboxylic acids is 1. The zero-order valence-electron chi connectivity index (χ0n) is 16.3. The number of nitrogens with zero attached hydrogens (tertiary/aromatic N) is 2. The summed E-state index contributed by atoms with van der Waals surface area (Å²) in [6.07, 6.45) is 1.48. The molecule has 7 nitrogen and oxygen atoms in total. The second-order valence-corrected chi connectivity index (χ2v) is 8.77. The minimum absolute atomic E-state index is 0.00220. The maximum Gasteiger partial charge on any atom is 0.284 e. The van der Waals surface area contributed by atoms with Crippen molar-refractivity contribution in [2.45, 2.75) is 24.2 Å². The summed E-state index contributed by atoms with van der Waals surface area (Å²) in [5, 5.41) is 2.75. The van der Waals surface area contributed by atoms with E-state index in [0.29, 0.717) is 17.9 Å². The summed E-state index contributed by atoms with van der Waals surface area (Å²) in [6, 6.07) is 9.63. The van der Waals surface area contributed by atoms with Crippen LogP contribution in [0.15, 0.2) is 51.8 Å². The molecule has 1 fully saturated rings. The van der Waals surface area contributed by atoms with E-state index in [1.54, 1.807) is 13.1 Å². The fourth-order valence-electron chi connectivity index (χ4n) is 2.90. The summed E-state index contributed by atoms with van der Waals surface area (Å²) in [6.45, 7) is 0.796. The van der Waals surface area contributed by atoms with Gasteiger partial charge in [-0.15, -0.1) is 4.40 Å². The molecule has 0 bridgehead atoms. The molecule has 0 atom stereocenters. The minimum atomic E-state index is -3.87. The second-order valence-electron chi connectivity index (χ2n) is 6.76. The maximum atomic E-state index is 13.0. The number of halogens is 2. The second kappa shape index (κ2) is 9.44. The summed E-state index contributed by atoms with van der Waals surface area (Å²) in [5.74, 6) is -0.0507.